The molecule has 1 amide bonds. The van der Waals surface area contributed by atoms with E-state index in [0.29, 0.717) is 12.2 Å². The van der Waals surface area contributed by atoms with E-state index in [2.05, 4.69) is 10.3 Å². The number of carbonyl (C=O) groups excluding carboxylic acids is 1. The number of amides is 1. The highest BCUT2D eigenvalue weighted by molar-refractivity contribution is 6.29. The van der Waals surface area contributed by atoms with Crippen LogP contribution in [-0.2, 0) is 17.8 Å². The van der Waals surface area contributed by atoms with Crippen molar-refractivity contribution in [3.63, 3.8) is 0 Å². The Balaban J connectivity index is 2.98. The predicted octanol–water partition coefficient (Wildman–Crippen LogP) is 0.984. The third-order valence-electron chi connectivity index (χ3n) is 2.12. The zero-order valence-electron chi connectivity index (χ0n) is 10.2. The van der Waals surface area contributed by atoms with E-state index in [0.717, 1.165) is 0 Å². The zero-order valence-corrected chi connectivity index (χ0v) is 10.9. The van der Waals surface area contributed by atoms with Crippen LogP contribution in [0.3, 0.4) is 0 Å². The van der Waals surface area contributed by atoms with Gasteiger partial charge in [0.2, 0.25) is 5.91 Å². The second-order valence-corrected chi connectivity index (χ2v) is 4.38. The third kappa shape index (κ3) is 3.85. The van der Waals surface area contributed by atoms with Gasteiger partial charge in [-0.15, -0.1) is 0 Å². The Morgan fingerprint density at radius 2 is 2.24 bits per heavy atom. The van der Waals surface area contributed by atoms with Crippen LogP contribution in [0, 0.1) is 0 Å². The van der Waals surface area contributed by atoms with Gasteiger partial charge in [0.1, 0.15) is 17.5 Å². The average Bonchev–Trinajstić information content (AvgIpc) is 2.20. The zero-order chi connectivity index (χ0) is 13.0. The van der Waals surface area contributed by atoms with Crippen molar-refractivity contribution in [3.05, 3.63) is 27.4 Å². The Bertz CT molecular complexity index is 468. The number of nitrogens with one attached hydrogen (secondary N) is 1. The highest BCUT2D eigenvalue weighted by atomic mass is 35.5. The highest BCUT2D eigenvalue weighted by Crippen LogP contribution is 2.03. The first-order valence-corrected chi connectivity index (χ1v) is 5.87. The Kier molecular flexibility index (Phi) is 4.69. The molecule has 1 aromatic rings. The predicted molar refractivity (Wildman–Crippen MR) is 66.2 cm³/mol. The number of hydrogen-bond acceptors (Lipinski definition) is 3. The molecule has 0 aliphatic carbocycles. The first-order valence-electron chi connectivity index (χ1n) is 5.49. The summed E-state index contributed by atoms with van der Waals surface area (Å²) < 4.78 is 1.34. The lowest BCUT2D eigenvalue weighted by atomic mass is 10.3. The van der Waals surface area contributed by atoms with Gasteiger partial charge in [-0.2, -0.15) is 0 Å². The topological polar surface area (TPSA) is 64.0 Å². The van der Waals surface area contributed by atoms with Crippen LogP contribution in [0.25, 0.3) is 0 Å². The van der Waals surface area contributed by atoms with Crippen LogP contribution >= 0.6 is 11.6 Å². The second-order valence-electron chi connectivity index (χ2n) is 4.00. The molecule has 0 atom stereocenters. The monoisotopic (exact) mass is 257 g/mol. The maximum Gasteiger partial charge on any atom is 0.255 e. The molecule has 1 heterocycles. The van der Waals surface area contributed by atoms with Crippen LogP contribution < -0.4 is 10.9 Å². The fraction of sp³-hybridized carbons (Fsp3) is 0.545. The van der Waals surface area contributed by atoms with Crippen molar-refractivity contribution in [3.8, 4) is 0 Å². The molecule has 0 radical (unpaired) electrons. The van der Waals surface area contributed by atoms with Crippen molar-refractivity contribution in [1.82, 2.24) is 14.9 Å². The minimum atomic E-state index is -0.305. The van der Waals surface area contributed by atoms with Gasteiger partial charge < -0.3 is 5.32 Å². The van der Waals surface area contributed by atoms with E-state index in [-0.39, 0.29) is 29.2 Å². The van der Waals surface area contributed by atoms with Gasteiger partial charge in [0.15, 0.2) is 0 Å². The molecule has 0 saturated carbocycles. The summed E-state index contributed by atoms with van der Waals surface area (Å²) in [7, 11) is 0. The molecule has 0 bridgehead atoms. The second kappa shape index (κ2) is 5.82. The number of rotatable bonds is 4. The fourth-order valence-corrected chi connectivity index (χ4v) is 1.66. The van der Waals surface area contributed by atoms with Crippen molar-refractivity contribution in [1.29, 1.82) is 0 Å². The van der Waals surface area contributed by atoms with Crippen LogP contribution in [0.4, 0.5) is 0 Å². The van der Waals surface area contributed by atoms with Gasteiger partial charge in [0.05, 0.1) is 0 Å². The number of nitrogens with zero attached hydrogens (tertiary/aromatic N) is 2. The Morgan fingerprint density at radius 1 is 1.59 bits per heavy atom. The number of carbonyl (C=O) groups is 1. The number of hydrogen-bond donors (Lipinski definition) is 1. The lowest BCUT2D eigenvalue weighted by Gasteiger charge is -2.12. The first kappa shape index (κ1) is 13.7. The van der Waals surface area contributed by atoms with Crippen molar-refractivity contribution >= 4 is 17.5 Å². The summed E-state index contributed by atoms with van der Waals surface area (Å²) >= 11 is 5.70. The largest absolute Gasteiger partial charge is 0.352 e. The summed E-state index contributed by atoms with van der Waals surface area (Å²) in [6.45, 7) is 5.56. The molecule has 1 N–H and O–H groups in total. The average molecular weight is 258 g/mol. The van der Waals surface area contributed by atoms with Crippen LogP contribution in [0.5, 0.6) is 0 Å². The smallest absolute Gasteiger partial charge is 0.255 e. The van der Waals surface area contributed by atoms with Crippen LogP contribution in [-0.4, -0.2) is 21.5 Å². The molecule has 0 aliphatic rings. The first-order chi connectivity index (χ1) is 7.93. The van der Waals surface area contributed by atoms with E-state index in [9.17, 15) is 9.59 Å². The molecule has 0 aliphatic heterocycles. The van der Waals surface area contributed by atoms with Crippen LogP contribution in [0.2, 0.25) is 5.15 Å². The summed E-state index contributed by atoms with van der Waals surface area (Å²) in [6, 6.07) is 1.26. The summed E-state index contributed by atoms with van der Waals surface area (Å²) in [6.07, 6.45) is 0.546. The van der Waals surface area contributed by atoms with Crippen molar-refractivity contribution in [2.75, 3.05) is 0 Å². The minimum absolute atomic E-state index is 0.0235. The maximum atomic E-state index is 11.7. The Labute approximate surface area is 105 Å². The summed E-state index contributed by atoms with van der Waals surface area (Å²) in [5.74, 6) is 0.308. The van der Waals surface area contributed by atoms with E-state index < -0.39 is 0 Å². The molecular formula is C11H16ClN3O2. The summed E-state index contributed by atoms with van der Waals surface area (Å²) in [5.41, 5.74) is -0.305. The molecule has 94 valence electrons. The SMILES string of the molecule is CCc1nc(Cl)cc(=O)n1CC(=O)NC(C)C. The maximum absolute atomic E-state index is 11.7. The van der Waals surface area contributed by atoms with Gasteiger partial charge in [-0.05, 0) is 13.8 Å². The summed E-state index contributed by atoms with van der Waals surface area (Å²) in [5, 5.41) is 2.88. The normalized spacial score (nSPS) is 10.6. The quantitative estimate of drug-likeness (QED) is 0.818. The van der Waals surface area contributed by atoms with E-state index in [4.69, 9.17) is 11.6 Å². The van der Waals surface area contributed by atoms with Gasteiger partial charge in [-0.1, -0.05) is 18.5 Å². The van der Waals surface area contributed by atoms with Gasteiger partial charge in [-0.25, -0.2) is 4.98 Å². The molecular weight excluding hydrogens is 242 g/mol. The summed E-state index contributed by atoms with van der Waals surface area (Å²) in [4.78, 5) is 27.3. The molecule has 17 heavy (non-hydrogen) atoms. The van der Waals surface area contributed by atoms with Gasteiger partial charge >= 0.3 is 0 Å². The number of aromatic nitrogens is 2. The molecule has 0 aromatic carbocycles. The van der Waals surface area contributed by atoms with Gasteiger partial charge in [-0.3, -0.25) is 14.2 Å². The number of aryl methyl sites for hydroxylation is 1. The van der Waals surface area contributed by atoms with Crippen LogP contribution in [0.15, 0.2) is 10.9 Å². The molecule has 1 aromatic heterocycles. The lowest BCUT2D eigenvalue weighted by Crippen LogP contribution is -2.37. The van der Waals surface area contributed by atoms with Crippen LogP contribution in [0.1, 0.15) is 26.6 Å². The Hall–Kier alpha value is -1.36. The lowest BCUT2D eigenvalue weighted by molar-refractivity contribution is -0.122. The van der Waals surface area contributed by atoms with E-state index in [1.54, 1.807) is 0 Å². The van der Waals surface area contributed by atoms with E-state index in [1.807, 2.05) is 20.8 Å². The molecule has 1 rings (SSSR count). The molecule has 0 unspecified atom stereocenters. The van der Waals surface area contributed by atoms with Gasteiger partial charge in [0.25, 0.3) is 5.56 Å². The third-order valence-corrected chi connectivity index (χ3v) is 2.32. The highest BCUT2D eigenvalue weighted by Gasteiger charge is 2.10. The van der Waals surface area contributed by atoms with Crippen molar-refractivity contribution < 1.29 is 4.79 Å². The molecule has 0 saturated heterocycles. The standard InChI is InChI=1S/C11H16ClN3O2/c1-4-9-14-8(12)5-11(17)15(9)6-10(16)13-7(2)3/h5,7H,4,6H2,1-3H3,(H,13,16). The van der Waals surface area contributed by atoms with E-state index in [1.165, 1.54) is 10.6 Å². The van der Waals surface area contributed by atoms with Crippen molar-refractivity contribution in [2.24, 2.45) is 0 Å². The number of halogens is 1. The Morgan fingerprint density at radius 3 is 2.76 bits per heavy atom. The van der Waals surface area contributed by atoms with Crippen molar-refractivity contribution in [2.45, 2.75) is 39.8 Å². The molecule has 0 spiro atoms. The molecule has 0 fully saturated rings. The molecule has 6 heteroatoms. The van der Waals surface area contributed by atoms with E-state index >= 15 is 0 Å². The minimum Gasteiger partial charge on any atom is -0.352 e. The fourth-order valence-electron chi connectivity index (χ4n) is 1.47. The van der Waals surface area contributed by atoms with Gasteiger partial charge in [0, 0.05) is 18.5 Å². The molecule has 5 nitrogen and oxygen atoms in total.